The van der Waals surface area contributed by atoms with Crippen LogP contribution in [0.15, 0.2) is 0 Å². The van der Waals surface area contributed by atoms with Crippen LogP contribution in [0, 0.1) is 5.92 Å². The van der Waals surface area contributed by atoms with Crippen LogP contribution in [-0.4, -0.2) is 28.6 Å². The van der Waals surface area contributed by atoms with Gasteiger partial charge in [0.1, 0.15) is 0 Å². The highest BCUT2D eigenvalue weighted by Gasteiger charge is 2.27. The van der Waals surface area contributed by atoms with Crippen LogP contribution in [0.5, 0.6) is 0 Å². The number of carboxylic acids is 1. The molecular weight excluding hydrogens is 150 g/mol. The lowest BCUT2D eigenvalue weighted by Crippen LogP contribution is -2.40. The summed E-state index contributed by atoms with van der Waals surface area (Å²) in [6.07, 6.45) is 0.723. The van der Waals surface area contributed by atoms with Gasteiger partial charge in [0.05, 0.1) is 5.92 Å². The van der Waals surface area contributed by atoms with Gasteiger partial charge in [-0.15, -0.1) is 0 Å². The molecule has 0 aliphatic carbocycles. The molecule has 0 aromatic carbocycles. The van der Waals surface area contributed by atoms with Crippen molar-refractivity contribution in [3.05, 3.63) is 0 Å². The molecule has 0 unspecified atom stereocenters. The summed E-state index contributed by atoms with van der Waals surface area (Å²) in [7, 11) is 0. The number of hydrogen-bond acceptors (Lipinski definition) is 3. The van der Waals surface area contributed by atoms with E-state index in [0.29, 0.717) is 0 Å². The molecule has 3 nitrogen and oxygen atoms in total. The number of carbonyl (C=O) groups is 1. The van der Waals surface area contributed by atoms with Crippen molar-refractivity contribution in [1.82, 2.24) is 0 Å². The molecular formula is C6H11NO2S. The van der Waals surface area contributed by atoms with Gasteiger partial charge in [-0.1, -0.05) is 0 Å². The van der Waals surface area contributed by atoms with E-state index in [1.807, 2.05) is 0 Å². The fourth-order valence-corrected chi connectivity index (χ4v) is 2.16. The molecule has 1 aliphatic rings. The van der Waals surface area contributed by atoms with Crippen molar-refractivity contribution in [2.75, 3.05) is 11.5 Å². The standard InChI is InChI=1S/C6H11NO2S/c7-5-3-10-2-1-4(5)6(8)9/h4-5H,1-3,7H2,(H,8,9)/t4-,5-/m0/s1. The second-order valence-corrected chi connectivity index (χ2v) is 3.62. The van der Waals surface area contributed by atoms with Crippen LogP contribution in [0.4, 0.5) is 0 Å². The van der Waals surface area contributed by atoms with E-state index in [-0.39, 0.29) is 12.0 Å². The monoisotopic (exact) mass is 161 g/mol. The van der Waals surface area contributed by atoms with E-state index in [1.165, 1.54) is 0 Å². The van der Waals surface area contributed by atoms with Crippen LogP contribution in [0.25, 0.3) is 0 Å². The number of nitrogens with two attached hydrogens (primary N) is 1. The van der Waals surface area contributed by atoms with Gasteiger partial charge in [-0.2, -0.15) is 11.8 Å². The van der Waals surface area contributed by atoms with E-state index in [2.05, 4.69) is 0 Å². The molecule has 0 spiro atoms. The van der Waals surface area contributed by atoms with Crippen LogP contribution in [0.1, 0.15) is 6.42 Å². The lowest BCUT2D eigenvalue weighted by atomic mass is 9.99. The van der Waals surface area contributed by atoms with Crippen molar-refractivity contribution in [2.45, 2.75) is 12.5 Å². The summed E-state index contributed by atoms with van der Waals surface area (Å²) in [5.74, 6) is 0.677. The van der Waals surface area contributed by atoms with Crippen LogP contribution < -0.4 is 5.73 Å². The highest BCUT2D eigenvalue weighted by Crippen LogP contribution is 2.21. The van der Waals surface area contributed by atoms with Crippen molar-refractivity contribution in [2.24, 2.45) is 11.7 Å². The predicted octanol–water partition coefficient (Wildman–Crippen LogP) is 0.151. The number of thioether (sulfide) groups is 1. The first-order valence-corrected chi connectivity index (χ1v) is 4.43. The normalized spacial score (nSPS) is 33.7. The Morgan fingerprint density at radius 3 is 2.80 bits per heavy atom. The minimum atomic E-state index is -0.743. The Kier molecular flexibility index (Phi) is 2.56. The second-order valence-electron chi connectivity index (χ2n) is 2.47. The smallest absolute Gasteiger partial charge is 0.308 e. The van der Waals surface area contributed by atoms with E-state index in [9.17, 15) is 4.79 Å². The molecule has 2 atom stereocenters. The molecule has 58 valence electrons. The van der Waals surface area contributed by atoms with Gasteiger partial charge < -0.3 is 10.8 Å². The quantitative estimate of drug-likeness (QED) is 0.574. The van der Waals surface area contributed by atoms with Gasteiger partial charge in [-0.25, -0.2) is 0 Å². The van der Waals surface area contributed by atoms with Crippen molar-refractivity contribution < 1.29 is 9.90 Å². The zero-order valence-corrected chi connectivity index (χ0v) is 6.43. The Hall–Kier alpha value is -0.220. The van der Waals surface area contributed by atoms with Crippen molar-refractivity contribution in [1.29, 1.82) is 0 Å². The summed E-state index contributed by atoms with van der Waals surface area (Å²) in [5, 5.41) is 8.62. The minimum absolute atomic E-state index is 0.142. The summed E-state index contributed by atoms with van der Waals surface area (Å²) in [5.41, 5.74) is 5.58. The average Bonchev–Trinajstić information content (AvgIpc) is 1.88. The van der Waals surface area contributed by atoms with Crippen LogP contribution >= 0.6 is 11.8 Å². The number of carboxylic acid groups (broad SMARTS) is 1. The fourth-order valence-electron chi connectivity index (χ4n) is 1.07. The highest BCUT2D eigenvalue weighted by atomic mass is 32.2. The number of hydrogen-bond donors (Lipinski definition) is 2. The Labute approximate surface area is 64.0 Å². The van der Waals surface area contributed by atoms with Crippen molar-refractivity contribution in [3.63, 3.8) is 0 Å². The first-order chi connectivity index (χ1) is 4.72. The number of aliphatic carboxylic acids is 1. The Balaban J connectivity index is 2.47. The summed E-state index contributed by atoms with van der Waals surface area (Å²) < 4.78 is 0. The Morgan fingerprint density at radius 1 is 1.70 bits per heavy atom. The molecule has 0 bridgehead atoms. The zero-order chi connectivity index (χ0) is 7.56. The van der Waals surface area contributed by atoms with Crippen LogP contribution in [0.2, 0.25) is 0 Å². The molecule has 0 aromatic heterocycles. The summed E-state index contributed by atoms with van der Waals surface area (Å²) in [4.78, 5) is 10.5. The van der Waals surface area contributed by atoms with Gasteiger partial charge in [-0.3, -0.25) is 4.79 Å². The molecule has 10 heavy (non-hydrogen) atoms. The molecule has 1 aliphatic heterocycles. The second kappa shape index (κ2) is 3.25. The van der Waals surface area contributed by atoms with Gasteiger partial charge in [-0.05, 0) is 12.2 Å². The predicted molar refractivity (Wildman–Crippen MR) is 41.0 cm³/mol. The topological polar surface area (TPSA) is 63.3 Å². The molecule has 4 heteroatoms. The lowest BCUT2D eigenvalue weighted by molar-refractivity contribution is -0.142. The van der Waals surface area contributed by atoms with E-state index in [0.717, 1.165) is 17.9 Å². The fraction of sp³-hybridized carbons (Fsp3) is 0.833. The molecule has 1 rings (SSSR count). The molecule has 1 saturated heterocycles. The maximum Gasteiger partial charge on any atom is 0.308 e. The van der Waals surface area contributed by atoms with Gasteiger partial charge in [0.2, 0.25) is 0 Å². The first kappa shape index (κ1) is 7.88. The Morgan fingerprint density at radius 2 is 2.40 bits per heavy atom. The average molecular weight is 161 g/mol. The van der Waals surface area contributed by atoms with Gasteiger partial charge in [0.25, 0.3) is 0 Å². The molecule has 1 fully saturated rings. The summed E-state index contributed by atoms with van der Waals surface area (Å²) >= 11 is 1.74. The van der Waals surface area contributed by atoms with E-state index in [1.54, 1.807) is 11.8 Å². The summed E-state index contributed by atoms with van der Waals surface area (Å²) in [6.45, 7) is 0. The third kappa shape index (κ3) is 1.64. The molecule has 0 amide bonds. The molecule has 0 saturated carbocycles. The minimum Gasteiger partial charge on any atom is -0.481 e. The van der Waals surface area contributed by atoms with E-state index >= 15 is 0 Å². The van der Waals surface area contributed by atoms with E-state index < -0.39 is 5.97 Å². The lowest BCUT2D eigenvalue weighted by Gasteiger charge is -2.24. The van der Waals surface area contributed by atoms with Gasteiger partial charge >= 0.3 is 5.97 Å². The molecule has 0 radical (unpaired) electrons. The van der Waals surface area contributed by atoms with E-state index in [4.69, 9.17) is 10.8 Å². The first-order valence-electron chi connectivity index (χ1n) is 3.28. The van der Waals surface area contributed by atoms with Gasteiger partial charge in [0, 0.05) is 11.8 Å². The largest absolute Gasteiger partial charge is 0.481 e. The molecule has 1 heterocycles. The zero-order valence-electron chi connectivity index (χ0n) is 5.62. The van der Waals surface area contributed by atoms with Crippen LogP contribution in [0.3, 0.4) is 0 Å². The maximum atomic E-state index is 10.5. The maximum absolute atomic E-state index is 10.5. The third-order valence-electron chi connectivity index (χ3n) is 1.72. The molecule has 0 aromatic rings. The van der Waals surface area contributed by atoms with Gasteiger partial charge in [0.15, 0.2) is 0 Å². The Bertz CT molecular complexity index is 140. The van der Waals surface area contributed by atoms with Crippen LogP contribution in [-0.2, 0) is 4.79 Å². The summed E-state index contributed by atoms with van der Waals surface area (Å²) in [6, 6.07) is -0.142. The van der Waals surface area contributed by atoms with Crippen molar-refractivity contribution in [3.8, 4) is 0 Å². The third-order valence-corrected chi connectivity index (χ3v) is 2.86. The SMILES string of the molecule is N[C@H]1CSCC[C@@H]1C(=O)O. The number of rotatable bonds is 1. The highest BCUT2D eigenvalue weighted by molar-refractivity contribution is 7.99. The van der Waals surface area contributed by atoms with Crippen molar-refractivity contribution >= 4 is 17.7 Å². The molecule has 3 N–H and O–H groups in total.